The van der Waals surface area contributed by atoms with Gasteiger partial charge in [0.15, 0.2) is 9.84 Å². The van der Waals surface area contributed by atoms with E-state index < -0.39 is 20.7 Å². The fourth-order valence-corrected chi connectivity index (χ4v) is 2.50. The van der Waals surface area contributed by atoms with Crippen molar-refractivity contribution in [3.63, 3.8) is 0 Å². The van der Waals surface area contributed by atoms with E-state index in [0.29, 0.717) is 6.61 Å². The van der Waals surface area contributed by atoms with Crippen LogP contribution in [0.5, 0.6) is 0 Å². The lowest BCUT2D eigenvalue weighted by Crippen LogP contribution is -2.40. The number of carbonyl (C=O) groups excluding carboxylic acids is 1. The highest BCUT2D eigenvalue weighted by molar-refractivity contribution is 7.92. The predicted molar refractivity (Wildman–Crippen MR) is 65.5 cm³/mol. The van der Waals surface area contributed by atoms with Gasteiger partial charge >= 0.3 is 0 Å². The summed E-state index contributed by atoms with van der Waals surface area (Å²) in [7, 11) is -3.17. The first-order chi connectivity index (χ1) is 7.74. The smallest absolute Gasteiger partial charge is 0.249 e. The van der Waals surface area contributed by atoms with Crippen molar-refractivity contribution in [1.29, 1.82) is 0 Å². The van der Waals surface area contributed by atoms with Gasteiger partial charge in [-0.05, 0) is 33.6 Å². The molecule has 1 atom stereocenters. The minimum Gasteiger partial charge on any atom is -0.368 e. The SMILES string of the molecule is CC(C)(C)S(=O)(=O)CCNC(=O)[C@H]1CCCO1. The fraction of sp³-hybridized carbons (Fsp3) is 0.909. The average Bonchev–Trinajstić information content (AvgIpc) is 2.67. The van der Waals surface area contributed by atoms with Gasteiger partial charge in [0.2, 0.25) is 5.91 Å². The van der Waals surface area contributed by atoms with E-state index in [1.165, 1.54) is 0 Å². The second kappa shape index (κ2) is 5.35. The van der Waals surface area contributed by atoms with E-state index >= 15 is 0 Å². The first-order valence-corrected chi connectivity index (χ1v) is 7.51. The van der Waals surface area contributed by atoms with Crippen LogP contribution in [0.4, 0.5) is 0 Å². The summed E-state index contributed by atoms with van der Waals surface area (Å²) in [6, 6.07) is 0. The molecular formula is C11H21NO4S. The van der Waals surface area contributed by atoms with E-state index in [1.807, 2.05) is 0 Å². The van der Waals surface area contributed by atoms with Crippen LogP contribution in [-0.2, 0) is 19.4 Å². The summed E-state index contributed by atoms with van der Waals surface area (Å²) in [5, 5.41) is 2.61. The van der Waals surface area contributed by atoms with Crippen molar-refractivity contribution in [2.45, 2.75) is 44.5 Å². The highest BCUT2D eigenvalue weighted by Crippen LogP contribution is 2.15. The number of nitrogens with one attached hydrogen (secondary N) is 1. The number of rotatable bonds is 4. The molecule has 0 radical (unpaired) electrons. The zero-order valence-corrected chi connectivity index (χ0v) is 11.5. The van der Waals surface area contributed by atoms with Crippen LogP contribution < -0.4 is 5.32 Å². The summed E-state index contributed by atoms with van der Waals surface area (Å²) >= 11 is 0. The van der Waals surface area contributed by atoms with Gasteiger partial charge in [-0.15, -0.1) is 0 Å². The lowest BCUT2D eigenvalue weighted by Gasteiger charge is -2.19. The van der Waals surface area contributed by atoms with E-state index in [2.05, 4.69) is 5.32 Å². The first-order valence-electron chi connectivity index (χ1n) is 5.86. The van der Waals surface area contributed by atoms with Crippen molar-refractivity contribution in [2.75, 3.05) is 18.9 Å². The van der Waals surface area contributed by atoms with Crippen molar-refractivity contribution in [1.82, 2.24) is 5.32 Å². The molecule has 0 spiro atoms. The molecule has 0 bridgehead atoms. The van der Waals surface area contributed by atoms with Crippen molar-refractivity contribution in [2.24, 2.45) is 0 Å². The average molecular weight is 263 g/mol. The predicted octanol–water partition coefficient (Wildman–Crippen LogP) is 0.495. The minimum atomic E-state index is -3.17. The van der Waals surface area contributed by atoms with Gasteiger partial charge in [0.25, 0.3) is 0 Å². The first kappa shape index (κ1) is 14.4. The molecule has 100 valence electrons. The molecule has 5 nitrogen and oxygen atoms in total. The number of ether oxygens (including phenoxy) is 1. The maximum absolute atomic E-state index is 11.8. The van der Waals surface area contributed by atoms with Crippen LogP contribution in [0.3, 0.4) is 0 Å². The lowest BCUT2D eigenvalue weighted by molar-refractivity contribution is -0.129. The Morgan fingerprint density at radius 1 is 1.41 bits per heavy atom. The maximum atomic E-state index is 11.8. The largest absolute Gasteiger partial charge is 0.368 e. The third-order valence-electron chi connectivity index (χ3n) is 2.83. The van der Waals surface area contributed by atoms with Gasteiger partial charge in [0, 0.05) is 13.2 Å². The topological polar surface area (TPSA) is 72.5 Å². The Morgan fingerprint density at radius 2 is 2.06 bits per heavy atom. The lowest BCUT2D eigenvalue weighted by atomic mass is 10.2. The number of sulfone groups is 1. The Hall–Kier alpha value is -0.620. The molecular weight excluding hydrogens is 242 g/mol. The van der Waals surface area contributed by atoms with Crippen molar-refractivity contribution in [3.8, 4) is 0 Å². The maximum Gasteiger partial charge on any atom is 0.249 e. The Balaban J connectivity index is 2.35. The zero-order chi connectivity index (χ0) is 13.1. The van der Waals surface area contributed by atoms with Crippen LogP contribution >= 0.6 is 0 Å². The normalized spacial score (nSPS) is 21.5. The molecule has 1 fully saturated rings. The van der Waals surface area contributed by atoms with Gasteiger partial charge in [-0.3, -0.25) is 4.79 Å². The van der Waals surface area contributed by atoms with Gasteiger partial charge in [0.05, 0.1) is 10.5 Å². The van der Waals surface area contributed by atoms with Crippen LogP contribution in [-0.4, -0.2) is 44.1 Å². The highest BCUT2D eigenvalue weighted by Gasteiger charge is 2.29. The monoisotopic (exact) mass is 263 g/mol. The molecule has 1 aliphatic heterocycles. The number of hydrogen-bond acceptors (Lipinski definition) is 4. The summed E-state index contributed by atoms with van der Waals surface area (Å²) in [4.78, 5) is 11.5. The molecule has 1 aliphatic rings. The van der Waals surface area contributed by atoms with Crippen LogP contribution in [0.25, 0.3) is 0 Å². The minimum absolute atomic E-state index is 0.0328. The summed E-state index contributed by atoms with van der Waals surface area (Å²) in [6.07, 6.45) is 1.21. The van der Waals surface area contributed by atoms with Crippen molar-refractivity contribution in [3.05, 3.63) is 0 Å². The Labute approximate surface area is 103 Å². The third kappa shape index (κ3) is 3.96. The van der Waals surface area contributed by atoms with Gasteiger partial charge in [-0.25, -0.2) is 8.42 Å². The van der Waals surface area contributed by atoms with Crippen LogP contribution in [0, 0.1) is 0 Å². The molecule has 0 saturated carbocycles. The summed E-state index contributed by atoms with van der Waals surface area (Å²) < 4.78 is 28.0. The quantitative estimate of drug-likeness (QED) is 0.801. The van der Waals surface area contributed by atoms with Gasteiger partial charge in [-0.1, -0.05) is 0 Å². The Bertz CT molecular complexity index is 363. The van der Waals surface area contributed by atoms with Crippen molar-refractivity contribution >= 4 is 15.7 Å². The molecule has 6 heteroatoms. The molecule has 0 aromatic heterocycles. The fourth-order valence-electron chi connectivity index (χ4n) is 1.51. The van der Waals surface area contributed by atoms with E-state index in [9.17, 15) is 13.2 Å². The zero-order valence-electron chi connectivity index (χ0n) is 10.7. The second-order valence-corrected chi connectivity index (χ2v) is 8.09. The van der Waals surface area contributed by atoms with Crippen LogP contribution in [0.2, 0.25) is 0 Å². The molecule has 17 heavy (non-hydrogen) atoms. The molecule has 0 aliphatic carbocycles. The van der Waals surface area contributed by atoms with Gasteiger partial charge in [0.1, 0.15) is 6.10 Å². The van der Waals surface area contributed by atoms with Crippen LogP contribution in [0.15, 0.2) is 0 Å². The molecule has 1 rings (SSSR count). The molecule has 1 N–H and O–H groups in total. The third-order valence-corrected chi connectivity index (χ3v) is 5.43. The highest BCUT2D eigenvalue weighted by atomic mass is 32.2. The standard InChI is InChI=1S/C11H21NO4S/c1-11(2,3)17(14,15)8-6-12-10(13)9-5-4-7-16-9/h9H,4-8H2,1-3H3,(H,12,13)/t9-/m1/s1. The van der Waals surface area contributed by atoms with Gasteiger partial charge in [-0.2, -0.15) is 0 Å². The Morgan fingerprint density at radius 3 is 2.53 bits per heavy atom. The molecule has 0 aromatic rings. The van der Waals surface area contributed by atoms with E-state index in [-0.39, 0.29) is 18.2 Å². The number of carbonyl (C=O) groups is 1. The summed E-state index contributed by atoms with van der Waals surface area (Å²) in [5.41, 5.74) is 0. The molecule has 0 aromatic carbocycles. The molecule has 1 amide bonds. The number of hydrogen-bond donors (Lipinski definition) is 1. The van der Waals surface area contributed by atoms with E-state index in [0.717, 1.165) is 12.8 Å². The second-order valence-electron chi connectivity index (χ2n) is 5.22. The van der Waals surface area contributed by atoms with Crippen LogP contribution in [0.1, 0.15) is 33.6 Å². The number of amides is 1. The Kier molecular flexibility index (Phi) is 4.55. The van der Waals surface area contributed by atoms with E-state index in [4.69, 9.17) is 4.74 Å². The van der Waals surface area contributed by atoms with Crippen molar-refractivity contribution < 1.29 is 17.9 Å². The molecule has 1 saturated heterocycles. The summed E-state index contributed by atoms with van der Waals surface area (Å²) in [5.74, 6) is -0.235. The van der Waals surface area contributed by atoms with Gasteiger partial charge < -0.3 is 10.1 Å². The van der Waals surface area contributed by atoms with E-state index in [1.54, 1.807) is 20.8 Å². The molecule has 0 unspecified atom stereocenters. The summed E-state index contributed by atoms with van der Waals surface area (Å²) in [6.45, 7) is 5.73. The molecule has 1 heterocycles.